The summed E-state index contributed by atoms with van der Waals surface area (Å²) in [4.78, 5) is 0. The number of halogens is 4. The van der Waals surface area contributed by atoms with Crippen LogP contribution in [0, 0.1) is 0 Å². The largest absolute Gasteiger partial charge is 0.377 e. The number of benzene rings is 2. The average Bonchev–Trinajstić information content (AvgIpc) is 2.33. The van der Waals surface area contributed by atoms with Crippen LogP contribution in [0.25, 0.3) is 0 Å². The Hall–Kier alpha value is -0.220. The summed E-state index contributed by atoms with van der Waals surface area (Å²) in [6.07, 6.45) is 0. The lowest BCUT2D eigenvalue weighted by molar-refractivity contribution is 0.884. The van der Waals surface area contributed by atoms with Crippen molar-refractivity contribution in [2.75, 3.05) is 5.32 Å². The molecule has 5 heteroatoms. The van der Waals surface area contributed by atoms with E-state index in [-0.39, 0.29) is 6.04 Å². The lowest BCUT2D eigenvalue weighted by atomic mass is 10.1. The van der Waals surface area contributed by atoms with E-state index in [2.05, 4.69) is 37.2 Å². The summed E-state index contributed by atoms with van der Waals surface area (Å²) in [7, 11) is 0. The van der Waals surface area contributed by atoms with Crippen LogP contribution in [0.1, 0.15) is 18.5 Å². The topological polar surface area (TPSA) is 12.0 Å². The van der Waals surface area contributed by atoms with Gasteiger partial charge in [-0.05, 0) is 42.8 Å². The molecule has 0 aromatic heterocycles. The molecular formula is C14H11Br2Cl2N. The first-order valence-corrected chi connectivity index (χ1v) is 7.98. The Morgan fingerprint density at radius 2 is 1.58 bits per heavy atom. The van der Waals surface area contributed by atoms with Crippen LogP contribution < -0.4 is 5.32 Å². The summed E-state index contributed by atoms with van der Waals surface area (Å²) in [5.41, 5.74) is 1.91. The SMILES string of the molecule is CC(Nc1cc(Br)ccc1Cl)c1ccc(Br)cc1Cl. The van der Waals surface area contributed by atoms with Crippen LogP contribution in [0.2, 0.25) is 10.0 Å². The molecule has 19 heavy (non-hydrogen) atoms. The Bertz CT molecular complexity index is 602. The minimum atomic E-state index is 0.0624. The second-order valence-electron chi connectivity index (χ2n) is 4.16. The molecule has 0 aliphatic carbocycles. The van der Waals surface area contributed by atoms with Crippen LogP contribution in [0.3, 0.4) is 0 Å². The Labute approximate surface area is 139 Å². The van der Waals surface area contributed by atoms with E-state index < -0.39 is 0 Å². The second-order valence-corrected chi connectivity index (χ2v) is 6.80. The highest BCUT2D eigenvalue weighted by Gasteiger charge is 2.11. The van der Waals surface area contributed by atoms with Crippen LogP contribution >= 0.6 is 55.1 Å². The maximum Gasteiger partial charge on any atom is 0.0638 e. The molecule has 0 aliphatic rings. The molecule has 100 valence electrons. The first kappa shape index (κ1) is 15.2. The molecule has 0 saturated heterocycles. The van der Waals surface area contributed by atoms with Crippen LogP contribution in [0.5, 0.6) is 0 Å². The molecule has 0 radical (unpaired) electrons. The van der Waals surface area contributed by atoms with Crippen LogP contribution in [0.4, 0.5) is 5.69 Å². The summed E-state index contributed by atoms with van der Waals surface area (Å²) < 4.78 is 1.95. The zero-order valence-corrected chi connectivity index (χ0v) is 14.7. The second kappa shape index (κ2) is 6.49. The van der Waals surface area contributed by atoms with E-state index in [9.17, 15) is 0 Å². The predicted octanol–water partition coefficient (Wildman–Crippen LogP) is 6.69. The highest BCUT2D eigenvalue weighted by atomic mass is 79.9. The van der Waals surface area contributed by atoms with E-state index in [1.165, 1.54) is 0 Å². The van der Waals surface area contributed by atoms with E-state index in [0.717, 1.165) is 25.2 Å². The van der Waals surface area contributed by atoms with Gasteiger partial charge in [0, 0.05) is 14.0 Å². The fourth-order valence-corrected chi connectivity index (χ4v) is 3.14. The number of rotatable bonds is 3. The third-order valence-electron chi connectivity index (χ3n) is 2.73. The number of anilines is 1. The monoisotopic (exact) mass is 421 g/mol. The summed E-state index contributed by atoms with van der Waals surface area (Å²) in [5.74, 6) is 0. The quantitative estimate of drug-likeness (QED) is 0.579. The lowest BCUT2D eigenvalue weighted by Crippen LogP contribution is -2.07. The van der Waals surface area contributed by atoms with E-state index >= 15 is 0 Å². The van der Waals surface area contributed by atoms with Gasteiger partial charge >= 0.3 is 0 Å². The predicted molar refractivity (Wildman–Crippen MR) is 90.3 cm³/mol. The summed E-state index contributed by atoms with van der Waals surface area (Å²) in [6, 6.07) is 11.6. The van der Waals surface area contributed by atoms with Crippen molar-refractivity contribution in [3.8, 4) is 0 Å². The summed E-state index contributed by atoms with van der Waals surface area (Å²) >= 11 is 19.3. The molecule has 1 N–H and O–H groups in total. The van der Waals surface area contributed by atoms with Gasteiger partial charge in [-0.2, -0.15) is 0 Å². The van der Waals surface area contributed by atoms with Gasteiger partial charge in [0.15, 0.2) is 0 Å². The van der Waals surface area contributed by atoms with E-state index in [1.54, 1.807) is 0 Å². The summed E-state index contributed by atoms with van der Waals surface area (Å²) in [6.45, 7) is 2.05. The molecule has 1 atom stereocenters. The summed E-state index contributed by atoms with van der Waals surface area (Å²) in [5, 5.41) is 4.77. The van der Waals surface area contributed by atoms with Crippen molar-refractivity contribution < 1.29 is 0 Å². The molecule has 0 heterocycles. The lowest BCUT2D eigenvalue weighted by Gasteiger charge is -2.18. The van der Waals surface area contributed by atoms with Gasteiger partial charge in [0.2, 0.25) is 0 Å². The minimum Gasteiger partial charge on any atom is -0.377 e. The molecular weight excluding hydrogens is 413 g/mol. The standard InChI is InChI=1S/C14H11Br2Cl2N/c1-8(11-4-2-9(15)6-13(11)18)19-14-7-10(16)3-5-12(14)17/h2-8,19H,1H3. The Balaban J connectivity index is 2.25. The smallest absolute Gasteiger partial charge is 0.0638 e. The van der Waals surface area contributed by atoms with Crippen molar-refractivity contribution in [3.63, 3.8) is 0 Å². The van der Waals surface area contributed by atoms with Crippen LogP contribution in [-0.2, 0) is 0 Å². The average molecular weight is 424 g/mol. The number of hydrogen-bond donors (Lipinski definition) is 1. The normalized spacial score (nSPS) is 12.3. The van der Waals surface area contributed by atoms with Gasteiger partial charge in [0.25, 0.3) is 0 Å². The highest BCUT2D eigenvalue weighted by Crippen LogP contribution is 2.32. The zero-order valence-electron chi connectivity index (χ0n) is 10.1. The molecule has 2 aromatic carbocycles. The molecule has 0 fully saturated rings. The highest BCUT2D eigenvalue weighted by molar-refractivity contribution is 9.10. The maximum atomic E-state index is 6.25. The van der Waals surface area contributed by atoms with Crippen molar-refractivity contribution >= 4 is 60.7 Å². The zero-order chi connectivity index (χ0) is 14.0. The van der Waals surface area contributed by atoms with Crippen molar-refractivity contribution in [1.82, 2.24) is 0 Å². The molecule has 0 bridgehead atoms. The molecule has 0 aliphatic heterocycles. The van der Waals surface area contributed by atoms with Gasteiger partial charge in [0.05, 0.1) is 16.8 Å². The van der Waals surface area contributed by atoms with Gasteiger partial charge in [0.1, 0.15) is 0 Å². The molecule has 2 aromatic rings. The number of hydrogen-bond acceptors (Lipinski definition) is 1. The van der Waals surface area contributed by atoms with Gasteiger partial charge < -0.3 is 5.32 Å². The van der Waals surface area contributed by atoms with Gasteiger partial charge in [-0.1, -0.05) is 61.1 Å². The Morgan fingerprint density at radius 1 is 0.947 bits per heavy atom. The van der Waals surface area contributed by atoms with E-state index in [1.807, 2.05) is 43.3 Å². The van der Waals surface area contributed by atoms with E-state index in [0.29, 0.717) is 5.02 Å². The van der Waals surface area contributed by atoms with Crippen molar-refractivity contribution in [1.29, 1.82) is 0 Å². The Kier molecular flexibility index (Phi) is 5.18. The van der Waals surface area contributed by atoms with Crippen LogP contribution in [0.15, 0.2) is 45.3 Å². The molecule has 0 spiro atoms. The Morgan fingerprint density at radius 3 is 2.26 bits per heavy atom. The molecule has 2 rings (SSSR count). The van der Waals surface area contributed by atoms with Gasteiger partial charge in [-0.3, -0.25) is 0 Å². The van der Waals surface area contributed by atoms with Crippen molar-refractivity contribution in [3.05, 3.63) is 61.0 Å². The fraction of sp³-hybridized carbons (Fsp3) is 0.143. The van der Waals surface area contributed by atoms with Gasteiger partial charge in [-0.25, -0.2) is 0 Å². The fourth-order valence-electron chi connectivity index (χ4n) is 1.77. The molecule has 1 unspecified atom stereocenters. The molecule has 1 nitrogen and oxygen atoms in total. The minimum absolute atomic E-state index is 0.0624. The van der Waals surface area contributed by atoms with Crippen LogP contribution in [-0.4, -0.2) is 0 Å². The third kappa shape index (κ3) is 3.88. The van der Waals surface area contributed by atoms with Gasteiger partial charge in [-0.15, -0.1) is 0 Å². The molecule has 0 saturated carbocycles. The molecule has 0 amide bonds. The third-order valence-corrected chi connectivity index (χ3v) is 4.37. The van der Waals surface area contributed by atoms with Crippen molar-refractivity contribution in [2.45, 2.75) is 13.0 Å². The maximum absolute atomic E-state index is 6.25. The van der Waals surface area contributed by atoms with E-state index in [4.69, 9.17) is 23.2 Å². The number of nitrogens with one attached hydrogen (secondary N) is 1. The van der Waals surface area contributed by atoms with Crippen molar-refractivity contribution in [2.24, 2.45) is 0 Å². The first-order chi connectivity index (χ1) is 8.97. The first-order valence-electron chi connectivity index (χ1n) is 5.64.